The Morgan fingerprint density at radius 3 is 2.36 bits per heavy atom. The van der Waals surface area contributed by atoms with Crippen molar-refractivity contribution in [2.75, 3.05) is 18.5 Å². The van der Waals surface area contributed by atoms with Gasteiger partial charge < -0.3 is 4.57 Å². The summed E-state index contributed by atoms with van der Waals surface area (Å²) in [6.07, 6.45) is 3.98. The van der Waals surface area contributed by atoms with Gasteiger partial charge in [0, 0.05) is 0 Å². The van der Waals surface area contributed by atoms with Crippen molar-refractivity contribution >= 4 is 19.8 Å². The van der Waals surface area contributed by atoms with Gasteiger partial charge in [0.1, 0.15) is 5.82 Å². The smallest absolute Gasteiger partial charge is 0.191 e. The van der Waals surface area contributed by atoms with Gasteiger partial charge in [-0.1, -0.05) is 68.2 Å². The summed E-state index contributed by atoms with van der Waals surface area (Å²) >= 11 is 1.89. The average molecular weight is 375 g/mol. The van der Waals surface area contributed by atoms with E-state index in [-0.39, 0.29) is 0 Å². The number of piperidine rings is 1. The van der Waals surface area contributed by atoms with Crippen molar-refractivity contribution in [3.63, 3.8) is 0 Å². The van der Waals surface area contributed by atoms with E-state index in [1.807, 2.05) is 11.8 Å². The first-order valence-corrected chi connectivity index (χ1v) is 14.0. The fraction of sp³-hybridized carbons (Fsp3) is 0.579. The number of hydrogen-bond donors (Lipinski definition) is 0. The van der Waals surface area contributed by atoms with Crippen LogP contribution in [0.4, 0.5) is 0 Å². The first kappa shape index (κ1) is 18.7. The molecule has 2 heterocycles. The molecule has 0 unspecified atom stereocenters. The molecule has 136 valence electrons. The lowest BCUT2D eigenvalue weighted by Gasteiger charge is -2.26. The molecule has 0 saturated carbocycles. The highest BCUT2D eigenvalue weighted by Gasteiger charge is 2.20. The highest BCUT2D eigenvalue weighted by Crippen LogP contribution is 2.23. The van der Waals surface area contributed by atoms with Gasteiger partial charge in [-0.25, -0.2) is 0 Å². The van der Waals surface area contributed by atoms with E-state index in [0.717, 1.165) is 24.1 Å². The van der Waals surface area contributed by atoms with Crippen molar-refractivity contribution in [1.29, 1.82) is 0 Å². The minimum absolute atomic E-state index is 0.866. The van der Waals surface area contributed by atoms with E-state index >= 15 is 0 Å². The predicted molar refractivity (Wildman–Crippen MR) is 109 cm³/mol. The maximum Gasteiger partial charge on any atom is 0.191 e. The Balaban J connectivity index is 1.79. The predicted octanol–water partition coefficient (Wildman–Crippen LogP) is 4.28. The van der Waals surface area contributed by atoms with Gasteiger partial charge in [0.05, 0.1) is 21.2 Å². The first-order valence-electron chi connectivity index (χ1n) is 9.32. The molecule has 0 N–H and O–H groups in total. The van der Waals surface area contributed by atoms with Crippen LogP contribution < -0.4 is 0 Å². The van der Waals surface area contributed by atoms with E-state index in [1.165, 1.54) is 43.3 Å². The van der Waals surface area contributed by atoms with Gasteiger partial charge in [-0.05, 0) is 36.9 Å². The van der Waals surface area contributed by atoms with Gasteiger partial charge in [0.25, 0.3) is 0 Å². The van der Waals surface area contributed by atoms with Gasteiger partial charge in [-0.2, -0.15) is 0 Å². The lowest BCUT2D eigenvalue weighted by atomic mass is 10.1. The van der Waals surface area contributed by atoms with Crippen LogP contribution in [0.3, 0.4) is 0 Å². The monoisotopic (exact) mass is 374 g/mol. The Labute approximate surface area is 157 Å². The molecule has 0 radical (unpaired) electrons. The molecule has 3 rings (SSSR count). The summed E-state index contributed by atoms with van der Waals surface area (Å²) in [4.78, 5) is 2.53. The number of hydrogen-bond acceptors (Lipinski definition) is 4. The summed E-state index contributed by atoms with van der Waals surface area (Å²) in [6.45, 7) is 11.4. The Morgan fingerprint density at radius 1 is 0.960 bits per heavy atom. The number of benzene rings is 1. The molecular formula is C19H30N4SSi. The zero-order valence-electron chi connectivity index (χ0n) is 15.7. The normalized spacial score (nSPS) is 16.3. The lowest BCUT2D eigenvalue weighted by Crippen LogP contribution is -2.30. The molecule has 0 aliphatic carbocycles. The summed E-state index contributed by atoms with van der Waals surface area (Å²) in [6, 6.07) is 10.7. The van der Waals surface area contributed by atoms with Crippen LogP contribution in [0.5, 0.6) is 0 Å². The topological polar surface area (TPSA) is 34.0 Å². The van der Waals surface area contributed by atoms with Gasteiger partial charge in [-0.15, -0.1) is 10.2 Å². The largest absolute Gasteiger partial charge is 0.300 e. The van der Waals surface area contributed by atoms with Crippen molar-refractivity contribution in [1.82, 2.24) is 19.7 Å². The minimum Gasteiger partial charge on any atom is -0.300 e. The Kier molecular flexibility index (Phi) is 6.36. The molecular weight excluding hydrogens is 344 g/mol. The van der Waals surface area contributed by atoms with Crippen molar-refractivity contribution < 1.29 is 0 Å². The lowest BCUT2D eigenvalue weighted by molar-refractivity contribution is 0.213. The summed E-state index contributed by atoms with van der Waals surface area (Å²) < 4.78 is 2.34. The quantitative estimate of drug-likeness (QED) is 0.535. The van der Waals surface area contributed by atoms with E-state index in [4.69, 9.17) is 0 Å². The van der Waals surface area contributed by atoms with Gasteiger partial charge >= 0.3 is 0 Å². The molecule has 0 spiro atoms. The van der Waals surface area contributed by atoms with Crippen LogP contribution in [-0.4, -0.2) is 46.2 Å². The average Bonchev–Trinajstić information content (AvgIpc) is 2.96. The summed E-state index contributed by atoms with van der Waals surface area (Å²) in [5.74, 6) is 1.11. The van der Waals surface area contributed by atoms with Crippen molar-refractivity contribution in [3.8, 4) is 0 Å². The third kappa shape index (κ3) is 5.69. The van der Waals surface area contributed by atoms with Crippen LogP contribution in [0.25, 0.3) is 0 Å². The molecule has 1 aromatic heterocycles. The second-order valence-corrected chi connectivity index (χ2v) is 15.1. The minimum atomic E-state index is -1.12. The van der Waals surface area contributed by atoms with E-state index in [0.29, 0.717) is 0 Å². The molecule has 0 atom stereocenters. The molecule has 25 heavy (non-hydrogen) atoms. The first-order chi connectivity index (χ1) is 12.0. The maximum absolute atomic E-state index is 4.57. The molecule has 1 fully saturated rings. The third-order valence-electron chi connectivity index (χ3n) is 4.42. The SMILES string of the molecule is C[Si](C)(C)CSc1nnc(CN2CCCCC2)n1Cc1ccccc1. The number of thioether (sulfide) groups is 1. The van der Waals surface area contributed by atoms with E-state index < -0.39 is 8.07 Å². The fourth-order valence-corrected chi connectivity index (χ4v) is 5.74. The van der Waals surface area contributed by atoms with Crippen molar-refractivity contribution in [2.45, 2.75) is 57.1 Å². The van der Waals surface area contributed by atoms with Crippen LogP contribution in [0.15, 0.2) is 35.5 Å². The summed E-state index contributed by atoms with van der Waals surface area (Å²) in [7, 11) is -1.12. The number of aromatic nitrogens is 3. The Bertz CT molecular complexity index is 660. The zero-order valence-corrected chi connectivity index (χ0v) is 17.6. The van der Waals surface area contributed by atoms with E-state index in [1.54, 1.807) is 0 Å². The summed E-state index contributed by atoms with van der Waals surface area (Å²) in [5, 5.41) is 11.4. The maximum atomic E-state index is 4.57. The Hall–Kier alpha value is -1.11. The molecule has 1 saturated heterocycles. The van der Waals surface area contributed by atoms with Crippen molar-refractivity contribution in [2.24, 2.45) is 0 Å². The van der Waals surface area contributed by atoms with E-state index in [2.05, 4.69) is 69.6 Å². The van der Waals surface area contributed by atoms with Gasteiger partial charge in [0.2, 0.25) is 0 Å². The second-order valence-electron chi connectivity index (χ2n) is 8.16. The molecule has 0 bridgehead atoms. The molecule has 4 nitrogen and oxygen atoms in total. The number of likely N-dealkylation sites (tertiary alicyclic amines) is 1. The highest BCUT2D eigenvalue weighted by atomic mass is 32.2. The molecule has 1 aliphatic rings. The van der Waals surface area contributed by atoms with Crippen LogP contribution in [0, 0.1) is 0 Å². The number of nitrogens with zero attached hydrogens (tertiary/aromatic N) is 4. The van der Waals surface area contributed by atoms with Crippen LogP contribution in [0.1, 0.15) is 30.7 Å². The molecule has 0 amide bonds. The van der Waals surface area contributed by atoms with Crippen LogP contribution in [-0.2, 0) is 13.1 Å². The van der Waals surface area contributed by atoms with Gasteiger partial charge in [-0.3, -0.25) is 4.90 Å². The van der Waals surface area contributed by atoms with Crippen molar-refractivity contribution in [3.05, 3.63) is 41.7 Å². The Morgan fingerprint density at radius 2 is 1.68 bits per heavy atom. The molecule has 6 heteroatoms. The zero-order chi connectivity index (χ0) is 17.7. The highest BCUT2D eigenvalue weighted by molar-refractivity contribution is 8.00. The van der Waals surface area contributed by atoms with E-state index in [9.17, 15) is 0 Å². The fourth-order valence-electron chi connectivity index (χ4n) is 3.07. The second kappa shape index (κ2) is 8.51. The van der Waals surface area contributed by atoms with Crippen LogP contribution in [0.2, 0.25) is 19.6 Å². The van der Waals surface area contributed by atoms with Gasteiger partial charge in [0.15, 0.2) is 5.16 Å². The summed E-state index contributed by atoms with van der Waals surface area (Å²) in [5.41, 5.74) is 1.32. The molecule has 1 aliphatic heterocycles. The molecule has 1 aromatic carbocycles. The molecule has 2 aromatic rings. The standard InChI is InChI=1S/C19H30N4SSi/c1-25(2,3)16-24-19-21-20-18(15-22-12-8-5-9-13-22)23(19)14-17-10-6-4-7-11-17/h4,6-7,10-11H,5,8-9,12-16H2,1-3H3. The van der Waals surface area contributed by atoms with Crippen LogP contribution >= 0.6 is 11.8 Å². The third-order valence-corrected chi connectivity index (χ3v) is 9.03. The number of rotatable bonds is 7.